The average Bonchev–Trinajstić information content (AvgIpc) is 3.53. The van der Waals surface area contributed by atoms with Gasteiger partial charge in [0.1, 0.15) is 84.6 Å². The summed E-state index contributed by atoms with van der Waals surface area (Å²) in [7, 11) is 0. The summed E-state index contributed by atoms with van der Waals surface area (Å²) in [4.78, 5) is 0. The highest BCUT2D eigenvalue weighted by Crippen LogP contribution is 2.35. The van der Waals surface area contributed by atoms with E-state index >= 15 is 0 Å². The van der Waals surface area contributed by atoms with Crippen LogP contribution in [0, 0.1) is 0 Å². The van der Waals surface area contributed by atoms with Crippen LogP contribution < -0.4 is 4.74 Å². The van der Waals surface area contributed by atoms with Crippen LogP contribution in [0.25, 0.3) is 6.08 Å². The third-order valence-electron chi connectivity index (χ3n) is 10.7. The van der Waals surface area contributed by atoms with E-state index in [1.165, 1.54) is 13.0 Å². The first-order chi connectivity index (χ1) is 28.3. The van der Waals surface area contributed by atoms with Crippen LogP contribution in [0.5, 0.6) is 5.75 Å². The van der Waals surface area contributed by atoms with E-state index in [4.69, 9.17) is 42.6 Å². The molecular weight excluding hydrogens is 788 g/mol. The molecule has 18 atom stereocenters. The molecule has 0 spiro atoms. The van der Waals surface area contributed by atoms with Gasteiger partial charge in [0.05, 0.1) is 45.7 Å². The van der Waals surface area contributed by atoms with Gasteiger partial charge in [-0.25, -0.2) is 0 Å². The summed E-state index contributed by atoms with van der Waals surface area (Å²) in [5, 5.41) is 117. The molecule has 0 aliphatic carbocycles. The van der Waals surface area contributed by atoms with Crippen molar-refractivity contribution in [3.63, 3.8) is 0 Å². The van der Waals surface area contributed by atoms with Crippen molar-refractivity contribution in [3.8, 4) is 5.75 Å². The van der Waals surface area contributed by atoms with E-state index in [-0.39, 0.29) is 19.0 Å². The summed E-state index contributed by atoms with van der Waals surface area (Å²) >= 11 is 0. The van der Waals surface area contributed by atoms with Gasteiger partial charge in [0.25, 0.3) is 0 Å². The van der Waals surface area contributed by atoms with Crippen LogP contribution in [0.4, 0.5) is 0 Å². The molecule has 0 bridgehead atoms. The number of aliphatic hydroxyl groups excluding tert-OH is 10. The molecule has 4 aliphatic rings. The fourth-order valence-electron chi connectivity index (χ4n) is 7.03. The molecule has 4 aliphatic heterocycles. The minimum Gasteiger partial charge on any atom is -0.461 e. The molecule has 0 radical (unpaired) electrons. The number of para-hydroxylation sites is 1. The summed E-state index contributed by atoms with van der Waals surface area (Å²) in [6.07, 6.45) is -23.5. The van der Waals surface area contributed by atoms with Crippen LogP contribution >= 0.6 is 0 Å². The molecule has 11 N–H and O–H groups in total. The van der Waals surface area contributed by atoms with Gasteiger partial charge in [-0.05, 0) is 18.6 Å². The second-order valence-electron chi connectivity index (χ2n) is 14.9. The Morgan fingerprint density at radius 2 is 1.27 bits per heavy atom. The maximum absolute atomic E-state index is 11.7. The van der Waals surface area contributed by atoms with Crippen molar-refractivity contribution in [2.75, 3.05) is 33.0 Å². The number of ether oxygens (including phenoxy) is 9. The van der Waals surface area contributed by atoms with Crippen LogP contribution in [0.1, 0.15) is 18.1 Å². The zero-order valence-electron chi connectivity index (χ0n) is 32.0. The van der Waals surface area contributed by atoms with Gasteiger partial charge >= 0.3 is 0 Å². The second kappa shape index (κ2) is 20.4. The van der Waals surface area contributed by atoms with Crippen LogP contribution in [0.15, 0.2) is 60.7 Å². The highest BCUT2D eigenvalue weighted by molar-refractivity contribution is 5.57. The smallest absolute Gasteiger partial charge is 0.229 e. The summed E-state index contributed by atoms with van der Waals surface area (Å²) in [5.74, 6) is 0.176. The molecule has 0 saturated carbocycles. The fourth-order valence-corrected chi connectivity index (χ4v) is 7.03. The normalized spacial score (nSPS) is 41.7. The van der Waals surface area contributed by atoms with Crippen molar-refractivity contribution in [3.05, 3.63) is 71.8 Å². The molecule has 2 aromatic carbocycles. The topological polar surface area (TPSA) is 306 Å². The van der Waals surface area contributed by atoms with Crippen molar-refractivity contribution in [1.29, 1.82) is 0 Å². The van der Waals surface area contributed by atoms with E-state index in [0.29, 0.717) is 11.1 Å². The Morgan fingerprint density at radius 3 is 1.92 bits per heavy atom. The molecule has 330 valence electrons. The molecule has 0 aromatic heterocycles. The highest BCUT2D eigenvalue weighted by Gasteiger charge is 2.54. The molecule has 0 amide bonds. The van der Waals surface area contributed by atoms with Crippen molar-refractivity contribution in [2.24, 2.45) is 0 Å². The lowest BCUT2D eigenvalue weighted by Gasteiger charge is -2.47. The lowest BCUT2D eigenvalue weighted by atomic mass is 9.96. The van der Waals surface area contributed by atoms with Crippen molar-refractivity contribution in [2.45, 2.75) is 124 Å². The number of hydrogen-bond donors (Lipinski definition) is 11. The fraction of sp³-hybridized carbons (Fsp3) is 0.641. The Morgan fingerprint density at radius 1 is 0.661 bits per heavy atom. The standard InChI is InChI=1S/C39H54O20/c1-19-25(42)28(45)31(48)35(55-19)52-15-24-27(44)30(47)33(37(58-24)56-22-12-6-5-10-21(22)11-7-13-40)59-32-29(46)26(43)23(16-53-38-34(49)39(50,17-41)18-54-38)57-36(32)51-14-20-8-3-2-4-9-20/h2-12,19,23-38,40-50H,13-18H2,1H3/t19-,23+,24+,25-,26+,27+,28+,29-,30-,31+,32+,33+,34-,35+,36+,37+,38+,39+/m0/s1. The first-order valence-electron chi connectivity index (χ1n) is 19.2. The summed E-state index contributed by atoms with van der Waals surface area (Å²) < 4.78 is 52.9. The Balaban J connectivity index is 1.24. The molecule has 2 aromatic rings. The summed E-state index contributed by atoms with van der Waals surface area (Å²) in [5.41, 5.74) is -0.834. The van der Waals surface area contributed by atoms with Gasteiger partial charge in [0, 0.05) is 5.56 Å². The first-order valence-corrected chi connectivity index (χ1v) is 19.2. The SMILES string of the molecule is C[C@@H]1O[C@@H](OC[C@H]2O[C@@H](Oc3ccccc3C=CCO)[C@H](O[C@H]3[C@H](OCc4ccccc4)O[C@H](CO[C@@H]4OC[C@](O)(CO)[C@H]4O)[C@@H](O)[C@@H]3O)[C@@H](O)[C@@H]2O)[C@H](O)[C@H](O)[C@H]1O. The third kappa shape index (κ3) is 10.5. The van der Waals surface area contributed by atoms with Gasteiger partial charge in [-0.2, -0.15) is 0 Å². The number of benzene rings is 2. The van der Waals surface area contributed by atoms with E-state index in [0.717, 1.165) is 0 Å². The van der Waals surface area contributed by atoms with E-state index in [9.17, 15) is 56.2 Å². The minimum atomic E-state index is -1.99. The Kier molecular flexibility index (Phi) is 15.8. The predicted molar refractivity (Wildman–Crippen MR) is 196 cm³/mol. The molecule has 4 fully saturated rings. The van der Waals surface area contributed by atoms with Gasteiger partial charge in [0.2, 0.25) is 6.29 Å². The van der Waals surface area contributed by atoms with Gasteiger partial charge in [-0.15, -0.1) is 0 Å². The van der Waals surface area contributed by atoms with Crippen molar-refractivity contribution in [1.82, 2.24) is 0 Å². The molecule has 20 heteroatoms. The van der Waals surface area contributed by atoms with E-state index < -0.39 is 137 Å². The maximum atomic E-state index is 11.7. The predicted octanol–water partition coefficient (Wildman–Crippen LogP) is -3.76. The molecule has 6 rings (SSSR count). The zero-order chi connectivity index (χ0) is 42.4. The maximum Gasteiger partial charge on any atom is 0.229 e. The lowest BCUT2D eigenvalue weighted by Crippen LogP contribution is -2.66. The van der Waals surface area contributed by atoms with Crippen LogP contribution in [0.3, 0.4) is 0 Å². The zero-order valence-corrected chi connectivity index (χ0v) is 32.0. The van der Waals surface area contributed by atoms with Crippen LogP contribution in [-0.4, -0.2) is 199 Å². The van der Waals surface area contributed by atoms with Gasteiger partial charge in [-0.1, -0.05) is 60.7 Å². The molecule has 0 unspecified atom stereocenters. The largest absolute Gasteiger partial charge is 0.461 e. The van der Waals surface area contributed by atoms with Crippen molar-refractivity contribution >= 4 is 6.08 Å². The van der Waals surface area contributed by atoms with E-state index in [1.807, 2.05) is 0 Å². The number of rotatable bonds is 16. The number of aliphatic hydroxyl groups is 11. The molecule has 4 saturated heterocycles. The van der Waals surface area contributed by atoms with E-state index in [1.54, 1.807) is 60.7 Å². The quantitative estimate of drug-likeness (QED) is 0.0773. The average molecular weight is 843 g/mol. The number of hydrogen-bond acceptors (Lipinski definition) is 20. The first kappa shape index (κ1) is 45.7. The van der Waals surface area contributed by atoms with Crippen LogP contribution in [-0.2, 0) is 44.5 Å². The van der Waals surface area contributed by atoms with Gasteiger partial charge in [-0.3, -0.25) is 0 Å². The Hall–Kier alpha value is -2.78. The third-order valence-corrected chi connectivity index (χ3v) is 10.7. The second-order valence-corrected chi connectivity index (χ2v) is 14.9. The molecule has 20 nitrogen and oxygen atoms in total. The Labute approximate surface area is 338 Å². The van der Waals surface area contributed by atoms with Gasteiger partial charge in [0.15, 0.2) is 18.9 Å². The molecule has 59 heavy (non-hydrogen) atoms. The Bertz CT molecular complexity index is 1620. The lowest BCUT2D eigenvalue weighted by molar-refractivity contribution is -0.359. The molecular formula is C39H54O20. The van der Waals surface area contributed by atoms with E-state index in [2.05, 4.69) is 0 Å². The minimum absolute atomic E-state index is 0.0918. The highest BCUT2D eigenvalue weighted by atomic mass is 16.8. The summed E-state index contributed by atoms with van der Waals surface area (Å²) in [6.45, 7) is -1.23. The monoisotopic (exact) mass is 842 g/mol. The molecule has 4 heterocycles. The van der Waals surface area contributed by atoms with Crippen molar-refractivity contribution < 1.29 is 98.8 Å². The van der Waals surface area contributed by atoms with Gasteiger partial charge < -0.3 is 98.8 Å². The summed E-state index contributed by atoms with van der Waals surface area (Å²) in [6, 6.07) is 15.4. The van der Waals surface area contributed by atoms with Crippen LogP contribution in [0.2, 0.25) is 0 Å².